The second-order valence-electron chi connectivity index (χ2n) is 8.40. The van der Waals surface area contributed by atoms with Crippen LogP contribution in [0.3, 0.4) is 0 Å². The summed E-state index contributed by atoms with van der Waals surface area (Å²) in [4.78, 5) is 39.0. The molecular weight excluding hydrogens is 601 g/mol. The van der Waals surface area contributed by atoms with Crippen molar-refractivity contribution in [3.8, 4) is 0 Å². The summed E-state index contributed by atoms with van der Waals surface area (Å²) in [6.07, 6.45) is -4.08. The first-order valence-corrected chi connectivity index (χ1v) is 13.8. The van der Waals surface area contributed by atoms with E-state index in [0.717, 1.165) is 4.57 Å². The van der Waals surface area contributed by atoms with Crippen LogP contribution in [0.25, 0.3) is 0 Å². The minimum absolute atomic E-state index is 0.00843. The molecule has 0 aliphatic carbocycles. The molecule has 1 aliphatic rings. The zero-order chi connectivity index (χ0) is 28.5. The van der Waals surface area contributed by atoms with Crippen molar-refractivity contribution >= 4 is 41.9 Å². The average molecular weight is 632 g/mol. The highest BCUT2D eigenvalue weighted by Gasteiger charge is 2.50. The van der Waals surface area contributed by atoms with Gasteiger partial charge in [0, 0.05) is 17.9 Å². The molecule has 1 aromatic heterocycles. The first-order valence-electron chi connectivity index (χ1n) is 11.3. The van der Waals surface area contributed by atoms with E-state index in [9.17, 15) is 24.1 Å². The largest absolute Gasteiger partial charge is 0.510 e. The minimum atomic E-state index is -4.62. The van der Waals surface area contributed by atoms with E-state index in [0.29, 0.717) is 0 Å². The number of nitrogens with two attached hydrogens (primary N) is 1. The number of aromatic nitrogens is 2. The molecule has 1 aliphatic heterocycles. The molecule has 16 nitrogen and oxygen atoms in total. The first kappa shape index (κ1) is 31.9. The van der Waals surface area contributed by atoms with Gasteiger partial charge in [-0.2, -0.15) is 4.98 Å². The maximum Gasteiger partial charge on any atom is 0.510 e. The number of phosphoric ester groups is 1. The predicted octanol–water partition coefficient (Wildman–Crippen LogP) is 2.44. The van der Waals surface area contributed by atoms with Gasteiger partial charge in [0.2, 0.25) is 13.6 Å². The number of alkyl halides is 1. The van der Waals surface area contributed by atoms with E-state index >= 15 is 0 Å². The summed E-state index contributed by atoms with van der Waals surface area (Å²) in [7, 11) is -4.62. The fourth-order valence-electron chi connectivity index (χ4n) is 2.94. The second-order valence-corrected chi connectivity index (χ2v) is 10.6. The van der Waals surface area contributed by atoms with E-state index in [1.165, 1.54) is 12.3 Å². The Morgan fingerprint density at radius 3 is 2.21 bits per heavy atom. The second kappa shape index (κ2) is 14.2. The van der Waals surface area contributed by atoms with Crippen molar-refractivity contribution in [1.82, 2.24) is 9.55 Å². The summed E-state index contributed by atoms with van der Waals surface area (Å²) in [5.41, 5.74) is 3.27. The molecule has 0 amide bonds. The Labute approximate surface area is 226 Å². The Bertz CT molecular complexity index is 1020. The highest BCUT2D eigenvalue weighted by molar-refractivity contribution is 9.09. The van der Waals surface area contributed by atoms with Crippen LogP contribution in [0.2, 0.25) is 0 Å². The van der Waals surface area contributed by atoms with Gasteiger partial charge in [0.1, 0.15) is 17.6 Å². The van der Waals surface area contributed by atoms with Crippen LogP contribution < -0.4 is 11.4 Å². The fraction of sp³-hybridized carbons (Fsp3) is 0.700. The number of aliphatic hydroxyl groups excluding tert-OH is 1. The Balaban J connectivity index is 2.11. The summed E-state index contributed by atoms with van der Waals surface area (Å²) in [5.74, 6) is 0.00843. The smallest absolute Gasteiger partial charge is 0.432 e. The lowest BCUT2D eigenvalue weighted by atomic mass is 10.0. The molecule has 1 saturated heterocycles. The molecule has 38 heavy (non-hydrogen) atoms. The number of halogens is 1. The number of carbonyl (C=O) groups excluding carboxylic acids is 2. The standard InChI is InChI=1S/C20H31BrN3O13P/c1-12(2)35-18(27)30-10-33-38(29,34-11-31-19(28)36-13(3)4)32-9-20(8-21)14(25)7-16(37-20)24-6-5-15(22)23-17(24)26/h5-6,12-14,16,25H,7-11H2,1-4H3,(H2,22,23,26)/t14-,16+,20+/m0/s1. The number of hydrogen-bond acceptors (Lipinski definition) is 15. The van der Waals surface area contributed by atoms with Crippen molar-refractivity contribution in [1.29, 1.82) is 0 Å². The van der Waals surface area contributed by atoms with E-state index in [2.05, 4.69) is 30.4 Å². The van der Waals surface area contributed by atoms with Gasteiger partial charge < -0.3 is 34.5 Å². The van der Waals surface area contributed by atoms with Crippen LogP contribution in [0.15, 0.2) is 17.1 Å². The van der Waals surface area contributed by atoms with Crippen molar-refractivity contribution in [2.24, 2.45) is 0 Å². The molecule has 3 atom stereocenters. The van der Waals surface area contributed by atoms with Gasteiger partial charge in [-0.05, 0) is 33.8 Å². The third-order valence-corrected chi connectivity index (χ3v) is 6.93. The van der Waals surface area contributed by atoms with Crippen LogP contribution in [-0.2, 0) is 41.8 Å². The fourth-order valence-corrected chi connectivity index (χ4v) is 4.57. The first-order chi connectivity index (χ1) is 17.8. The topological polar surface area (TPSA) is 206 Å². The molecule has 0 radical (unpaired) electrons. The number of anilines is 1. The van der Waals surface area contributed by atoms with E-state index < -0.39 is 76.2 Å². The van der Waals surface area contributed by atoms with Gasteiger partial charge in [-0.1, -0.05) is 15.9 Å². The van der Waals surface area contributed by atoms with E-state index in [-0.39, 0.29) is 17.6 Å². The van der Waals surface area contributed by atoms with Crippen molar-refractivity contribution in [2.75, 3.05) is 31.3 Å². The monoisotopic (exact) mass is 631 g/mol. The van der Waals surface area contributed by atoms with E-state index in [4.69, 9.17) is 33.5 Å². The SMILES string of the molecule is CC(C)OC(=O)OCOP(=O)(OCOC(=O)OC(C)C)OC[C@@]1(CBr)O[C@@H](n2ccc(N)nc2=O)C[C@@H]1O. The molecule has 0 unspecified atom stereocenters. The molecule has 216 valence electrons. The van der Waals surface area contributed by atoms with Gasteiger partial charge in [-0.3, -0.25) is 9.09 Å². The van der Waals surface area contributed by atoms with Crippen molar-refractivity contribution in [3.05, 3.63) is 22.7 Å². The number of phosphoric acid groups is 1. The third kappa shape index (κ3) is 9.48. The van der Waals surface area contributed by atoms with Gasteiger partial charge in [0.05, 0.1) is 24.9 Å². The summed E-state index contributed by atoms with van der Waals surface area (Å²) in [6, 6.07) is 1.38. The highest BCUT2D eigenvalue weighted by Crippen LogP contribution is 2.51. The zero-order valence-corrected chi connectivity index (χ0v) is 23.6. The quantitative estimate of drug-likeness (QED) is 0.139. The molecule has 0 saturated carbocycles. The number of ether oxygens (including phenoxy) is 5. The van der Waals surface area contributed by atoms with Crippen molar-refractivity contribution in [3.63, 3.8) is 0 Å². The average Bonchev–Trinajstić information content (AvgIpc) is 3.13. The van der Waals surface area contributed by atoms with E-state index in [1.807, 2.05) is 0 Å². The maximum atomic E-state index is 13.2. The Hall–Kier alpha value is -2.27. The van der Waals surface area contributed by atoms with Crippen molar-refractivity contribution in [2.45, 2.75) is 64.3 Å². The van der Waals surface area contributed by atoms with Gasteiger partial charge in [-0.15, -0.1) is 0 Å². The van der Waals surface area contributed by atoms with Crippen LogP contribution in [0, 0.1) is 0 Å². The Kier molecular flexibility index (Phi) is 11.9. The molecule has 1 aromatic rings. The van der Waals surface area contributed by atoms with Gasteiger partial charge in [0.15, 0.2) is 0 Å². The minimum Gasteiger partial charge on any atom is -0.432 e. The van der Waals surface area contributed by atoms with Crippen LogP contribution in [0.1, 0.15) is 40.3 Å². The molecule has 2 rings (SSSR count). The van der Waals surface area contributed by atoms with Gasteiger partial charge in [-0.25, -0.2) is 28.0 Å². The van der Waals surface area contributed by atoms with E-state index in [1.54, 1.807) is 27.7 Å². The van der Waals surface area contributed by atoms with Crippen LogP contribution in [0.5, 0.6) is 0 Å². The number of hydrogen-bond donors (Lipinski definition) is 2. The lowest BCUT2D eigenvalue weighted by molar-refractivity contribution is -0.117. The van der Waals surface area contributed by atoms with Gasteiger partial charge >= 0.3 is 25.8 Å². The predicted molar refractivity (Wildman–Crippen MR) is 131 cm³/mol. The molecule has 1 fully saturated rings. The number of rotatable bonds is 13. The summed E-state index contributed by atoms with van der Waals surface area (Å²) in [5, 5.41) is 10.7. The maximum absolute atomic E-state index is 13.2. The Morgan fingerprint density at radius 2 is 1.74 bits per heavy atom. The Morgan fingerprint density at radius 1 is 1.18 bits per heavy atom. The lowest BCUT2D eigenvalue weighted by Gasteiger charge is -2.31. The molecule has 2 heterocycles. The lowest BCUT2D eigenvalue weighted by Crippen LogP contribution is -2.45. The third-order valence-electron chi connectivity index (χ3n) is 4.70. The van der Waals surface area contributed by atoms with Crippen LogP contribution in [0.4, 0.5) is 15.4 Å². The zero-order valence-electron chi connectivity index (χ0n) is 21.1. The molecule has 0 bridgehead atoms. The molecular formula is C20H31BrN3O13P. The molecule has 0 aromatic carbocycles. The number of carbonyl (C=O) groups is 2. The highest BCUT2D eigenvalue weighted by atomic mass is 79.9. The molecule has 0 spiro atoms. The van der Waals surface area contributed by atoms with Crippen molar-refractivity contribution < 1.29 is 56.5 Å². The summed E-state index contributed by atoms with van der Waals surface area (Å²) in [6.45, 7) is 3.90. The normalized spacial score (nSPS) is 21.5. The number of nitrogens with zero attached hydrogens (tertiary/aromatic N) is 2. The van der Waals surface area contributed by atoms with Crippen LogP contribution >= 0.6 is 23.8 Å². The number of aliphatic hydroxyl groups is 1. The number of nitrogen functional groups attached to an aromatic ring is 1. The van der Waals surface area contributed by atoms with Crippen LogP contribution in [-0.4, -0.2) is 76.4 Å². The van der Waals surface area contributed by atoms with Gasteiger partial charge in [0.25, 0.3) is 0 Å². The molecule has 3 N–H and O–H groups in total. The summed E-state index contributed by atoms with van der Waals surface area (Å²) < 4.78 is 54.5. The summed E-state index contributed by atoms with van der Waals surface area (Å²) >= 11 is 3.23. The molecule has 18 heteroatoms.